The molecule has 0 saturated heterocycles. The van der Waals surface area contributed by atoms with Gasteiger partial charge in [0, 0.05) is 22.3 Å². The Labute approximate surface area is 144 Å². The first kappa shape index (κ1) is 18.5. The van der Waals surface area contributed by atoms with Crippen molar-refractivity contribution in [3.63, 3.8) is 0 Å². The molecule has 0 saturated carbocycles. The summed E-state index contributed by atoms with van der Waals surface area (Å²) in [6.07, 6.45) is -0.497. The van der Waals surface area contributed by atoms with Crippen LogP contribution < -0.4 is 16.0 Å². The molecule has 0 aliphatic carbocycles. The van der Waals surface area contributed by atoms with Crippen molar-refractivity contribution in [1.82, 2.24) is 10.6 Å². The SMILES string of the molecule is Cc1cc(I)ccc1NC(=O)NCCNC(=O)OC(C)(C)C. The Balaban J connectivity index is 2.28. The number of carbonyl (C=O) groups is 2. The predicted octanol–water partition coefficient (Wildman–Crippen LogP) is 3.25. The average molecular weight is 419 g/mol. The summed E-state index contributed by atoms with van der Waals surface area (Å²) >= 11 is 2.22. The third-order valence-electron chi connectivity index (χ3n) is 2.52. The van der Waals surface area contributed by atoms with Gasteiger partial charge < -0.3 is 20.7 Å². The standard InChI is InChI=1S/C15H22IN3O3/c1-10-9-11(16)5-6-12(10)19-13(20)17-7-8-18-14(21)22-15(2,3)4/h5-6,9H,7-8H2,1-4H3,(H,18,21)(H2,17,19,20). The Morgan fingerprint density at radius 3 is 2.41 bits per heavy atom. The number of anilines is 1. The first-order chi connectivity index (χ1) is 10.2. The Hall–Kier alpha value is -1.51. The number of rotatable bonds is 4. The van der Waals surface area contributed by atoms with Crippen LogP contribution in [0.2, 0.25) is 0 Å². The number of ether oxygens (including phenoxy) is 1. The molecule has 0 spiro atoms. The third-order valence-corrected chi connectivity index (χ3v) is 3.19. The number of aryl methyl sites for hydroxylation is 1. The summed E-state index contributed by atoms with van der Waals surface area (Å²) in [6, 6.07) is 5.46. The Morgan fingerprint density at radius 2 is 1.82 bits per heavy atom. The molecular formula is C15H22IN3O3. The van der Waals surface area contributed by atoms with Gasteiger partial charge in [-0.2, -0.15) is 0 Å². The molecule has 7 heteroatoms. The highest BCUT2D eigenvalue weighted by atomic mass is 127. The maximum absolute atomic E-state index is 11.8. The van der Waals surface area contributed by atoms with Gasteiger partial charge in [0.25, 0.3) is 0 Å². The van der Waals surface area contributed by atoms with E-state index in [2.05, 4.69) is 38.5 Å². The van der Waals surface area contributed by atoms with E-state index in [9.17, 15) is 9.59 Å². The van der Waals surface area contributed by atoms with Gasteiger partial charge in [-0.25, -0.2) is 9.59 Å². The number of nitrogens with one attached hydrogen (secondary N) is 3. The fourth-order valence-corrected chi connectivity index (χ4v) is 2.24. The zero-order valence-corrected chi connectivity index (χ0v) is 15.4. The fraction of sp³-hybridized carbons (Fsp3) is 0.467. The highest BCUT2D eigenvalue weighted by Crippen LogP contribution is 2.17. The van der Waals surface area contributed by atoms with E-state index >= 15 is 0 Å². The van der Waals surface area contributed by atoms with E-state index in [-0.39, 0.29) is 6.03 Å². The molecule has 0 unspecified atom stereocenters. The van der Waals surface area contributed by atoms with Gasteiger partial charge in [0.05, 0.1) is 0 Å². The third kappa shape index (κ3) is 7.48. The van der Waals surface area contributed by atoms with Crippen molar-refractivity contribution in [2.75, 3.05) is 18.4 Å². The first-order valence-electron chi connectivity index (χ1n) is 6.95. The van der Waals surface area contributed by atoms with Crippen LogP contribution in [0.25, 0.3) is 0 Å². The normalized spacial score (nSPS) is 10.8. The lowest BCUT2D eigenvalue weighted by Crippen LogP contribution is -2.39. The lowest BCUT2D eigenvalue weighted by Gasteiger charge is -2.19. The zero-order chi connectivity index (χ0) is 16.8. The van der Waals surface area contributed by atoms with Gasteiger partial charge in [-0.3, -0.25) is 0 Å². The monoisotopic (exact) mass is 419 g/mol. The number of alkyl carbamates (subject to hydrolysis) is 1. The molecule has 0 aromatic heterocycles. The number of urea groups is 1. The smallest absolute Gasteiger partial charge is 0.407 e. The van der Waals surface area contributed by atoms with Crippen LogP contribution in [-0.2, 0) is 4.74 Å². The van der Waals surface area contributed by atoms with Crippen molar-refractivity contribution in [2.45, 2.75) is 33.3 Å². The number of carbonyl (C=O) groups excluding carboxylic acids is 2. The molecule has 0 heterocycles. The fourth-order valence-electron chi connectivity index (χ4n) is 1.59. The number of halogens is 1. The van der Waals surface area contributed by atoms with Crippen LogP contribution in [0.15, 0.2) is 18.2 Å². The lowest BCUT2D eigenvalue weighted by atomic mass is 10.2. The minimum absolute atomic E-state index is 0.300. The van der Waals surface area contributed by atoms with Crippen LogP contribution >= 0.6 is 22.6 Å². The Bertz CT molecular complexity index is 541. The number of hydrogen-bond donors (Lipinski definition) is 3. The lowest BCUT2D eigenvalue weighted by molar-refractivity contribution is 0.0528. The van der Waals surface area contributed by atoms with E-state index in [1.807, 2.05) is 25.1 Å². The minimum Gasteiger partial charge on any atom is -0.444 e. The molecule has 0 aliphatic heterocycles. The van der Waals surface area contributed by atoms with Gasteiger partial charge >= 0.3 is 12.1 Å². The molecule has 1 aromatic rings. The van der Waals surface area contributed by atoms with Crippen LogP contribution in [0.1, 0.15) is 26.3 Å². The largest absolute Gasteiger partial charge is 0.444 e. The van der Waals surface area contributed by atoms with Gasteiger partial charge in [0.15, 0.2) is 0 Å². The molecule has 22 heavy (non-hydrogen) atoms. The molecule has 0 atom stereocenters. The predicted molar refractivity (Wildman–Crippen MR) is 95.2 cm³/mol. The number of hydrogen-bond acceptors (Lipinski definition) is 3. The molecule has 0 bridgehead atoms. The van der Waals surface area contributed by atoms with E-state index in [1.165, 1.54) is 0 Å². The summed E-state index contributed by atoms with van der Waals surface area (Å²) in [4.78, 5) is 23.2. The molecular weight excluding hydrogens is 397 g/mol. The summed E-state index contributed by atoms with van der Waals surface area (Å²) in [5, 5.41) is 8.01. The molecule has 0 aliphatic rings. The maximum Gasteiger partial charge on any atom is 0.407 e. The van der Waals surface area contributed by atoms with Gasteiger partial charge in [0.2, 0.25) is 0 Å². The van der Waals surface area contributed by atoms with Crippen molar-refractivity contribution < 1.29 is 14.3 Å². The van der Waals surface area contributed by atoms with Crippen LogP contribution in [0.3, 0.4) is 0 Å². The van der Waals surface area contributed by atoms with E-state index in [0.717, 1.165) is 14.8 Å². The first-order valence-corrected chi connectivity index (χ1v) is 8.03. The van der Waals surface area contributed by atoms with E-state index in [4.69, 9.17) is 4.74 Å². The van der Waals surface area contributed by atoms with Gasteiger partial charge in [-0.05, 0) is 74.0 Å². The molecule has 1 aromatic carbocycles. The summed E-state index contributed by atoms with van der Waals surface area (Å²) in [7, 11) is 0. The summed E-state index contributed by atoms with van der Waals surface area (Å²) < 4.78 is 6.20. The quantitative estimate of drug-likeness (QED) is 0.518. The number of amides is 3. The van der Waals surface area contributed by atoms with Crippen LogP contribution in [0, 0.1) is 10.5 Å². The topological polar surface area (TPSA) is 79.5 Å². The van der Waals surface area contributed by atoms with Crippen molar-refractivity contribution in [1.29, 1.82) is 0 Å². The second kappa shape index (κ2) is 8.21. The Kier molecular flexibility index (Phi) is 6.92. The second-order valence-corrected chi connectivity index (χ2v) is 7.01. The van der Waals surface area contributed by atoms with Crippen LogP contribution in [0.5, 0.6) is 0 Å². The maximum atomic E-state index is 11.8. The Morgan fingerprint density at radius 1 is 1.18 bits per heavy atom. The molecule has 3 amide bonds. The van der Waals surface area contributed by atoms with Crippen LogP contribution in [0.4, 0.5) is 15.3 Å². The summed E-state index contributed by atoms with van der Waals surface area (Å²) in [5.74, 6) is 0. The van der Waals surface area contributed by atoms with Crippen molar-refractivity contribution in [3.05, 3.63) is 27.3 Å². The summed E-state index contributed by atoms with van der Waals surface area (Å²) in [6.45, 7) is 7.93. The minimum atomic E-state index is -0.531. The van der Waals surface area contributed by atoms with E-state index in [1.54, 1.807) is 20.8 Å². The molecule has 1 rings (SSSR count). The van der Waals surface area contributed by atoms with E-state index < -0.39 is 11.7 Å². The van der Waals surface area contributed by atoms with Crippen LogP contribution in [-0.4, -0.2) is 30.8 Å². The zero-order valence-electron chi connectivity index (χ0n) is 13.2. The number of benzene rings is 1. The van der Waals surface area contributed by atoms with Crippen molar-refractivity contribution in [3.8, 4) is 0 Å². The van der Waals surface area contributed by atoms with Gasteiger partial charge in [-0.1, -0.05) is 0 Å². The van der Waals surface area contributed by atoms with Gasteiger partial charge in [-0.15, -0.1) is 0 Å². The molecule has 3 N–H and O–H groups in total. The van der Waals surface area contributed by atoms with Crippen molar-refractivity contribution >= 4 is 40.4 Å². The average Bonchev–Trinajstić information content (AvgIpc) is 2.36. The molecule has 0 radical (unpaired) electrons. The highest BCUT2D eigenvalue weighted by Gasteiger charge is 2.15. The molecule has 122 valence electrons. The summed E-state index contributed by atoms with van der Waals surface area (Å²) in [5.41, 5.74) is 1.23. The van der Waals surface area contributed by atoms with E-state index in [0.29, 0.717) is 13.1 Å². The highest BCUT2D eigenvalue weighted by molar-refractivity contribution is 14.1. The van der Waals surface area contributed by atoms with Gasteiger partial charge in [0.1, 0.15) is 5.60 Å². The second-order valence-electron chi connectivity index (χ2n) is 5.77. The molecule has 6 nitrogen and oxygen atoms in total. The molecule has 0 fully saturated rings. The van der Waals surface area contributed by atoms with Crippen molar-refractivity contribution in [2.24, 2.45) is 0 Å².